The zero-order chi connectivity index (χ0) is 10.1. The van der Waals surface area contributed by atoms with Crippen molar-refractivity contribution in [1.82, 2.24) is 0 Å². The molecule has 0 radical (unpaired) electrons. The van der Waals surface area contributed by atoms with Gasteiger partial charge in [0.15, 0.2) is 0 Å². The molecule has 0 atom stereocenters. The summed E-state index contributed by atoms with van der Waals surface area (Å²) in [5.41, 5.74) is 0.884. The average Bonchev–Trinajstić information content (AvgIpc) is 2.16. The summed E-state index contributed by atoms with van der Waals surface area (Å²) in [4.78, 5) is 10.6. The third kappa shape index (κ3) is 1.42. The topological polar surface area (TPSA) is 66.8 Å². The minimum absolute atomic E-state index is 0.0335. The van der Waals surface area contributed by atoms with E-state index in [4.69, 9.17) is 14.9 Å². The molecule has 4 nitrogen and oxygen atoms in total. The molecule has 1 aliphatic rings. The lowest BCUT2D eigenvalue weighted by Gasteiger charge is -2.15. The molecule has 0 saturated heterocycles. The second-order valence-corrected chi connectivity index (χ2v) is 2.99. The Morgan fingerprint density at radius 2 is 2.21 bits per heavy atom. The summed E-state index contributed by atoms with van der Waals surface area (Å²) in [6.07, 6.45) is 1.54. The number of phenols is 1. The summed E-state index contributed by atoms with van der Waals surface area (Å²) in [6.45, 7) is 0.0335. The first-order valence-corrected chi connectivity index (χ1v) is 4.06. The van der Waals surface area contributed by atoms with Gasteiger partial charge in [-0.25, -0.2) is 4.79 Å². The fourth-order valence-corrected chi connectivity index (χ4v) is 1.28. The van der Waals surface area contributed by atoms with Crippen molar-refractivity contribution in [2.75, 3.05) is 6.61 Å². The van der Waals surface area contributed by atoms with Crippen molar-refractivity contribution in [3.63, 3.8) is 0 Å². The van der Waals surface area contributed by atoms with Gasteiger partial charge in [0.25, 0.3) is 0 Å². The Hall–Kier alpha value is -1.97. The summed E-state index contributed by atoms with van der Waals surface area (Å²) in [5.74, 6) is -0.366. The average molecular weight is 192 g/mol. The number of phenolic OH excluding ortho intramolecular Hbond substituents is 1. The van der Waals surface area contributed by atoms with Gasteiger partial charge in [-0.2, -0.15) is 0 Å². The second kappa shape index (κ2) is 3.06. The molecule has 72 valence electrons. The minimum Gasteiger partial charge on any atom is -0.508 e. The van der Waals surface area contributed by atoms with Crippen LogP contribution in [0.15, 0.2) is 23.8 Å². The molecule has 14 heavy (non-hydrogen) atoms. The maximum absolute atomic E-state index is 10.6. The lowest BCUT2D eigenvalue weighted by molar-refractivity contribution is -0.132. The number of aliphatic carboxylic acids is 1. The van der Waals surface area contributed by atoms with Crippen LogP contribution in [-0.2, 0) is 4.79 Å². The maximum Gasteiger partial charge on any atom is 0.335 e. The zero-order valence-electron chi connectivity index (χ0n) is 7.23. The standard InChI is InChI=1S/C10H8O4/c11-8-2-1-6-3-7(10(12)13)5-14-9(6)4-8/h1-4,11H,5H2,(H,12,13). The highest BCUT2D eigenvalue weighted by atomic mass is 16.5. The van der Waals surface area contributed by atoms with Gasteiger partial charge in [-0.15, -0.1) is 0 Å². The van der Waals surface area contributed by atoms with E-state index in [2.05, 4.69) is 0 Å². The van der Waals surface area contributed by atoms with E-state index in [1.807, 2.05) is 0 Å². The van der Waals surface area contributed by atoms with Gasteiger partial charge in [0.05, 0.1) is 5.57 Å². The normalized spacial score (nSPS) is 13.9. The van der Waals surface area contributed by atoms with Crippen LogP contribution >= 0.6 is 0 Å². The first-order valence-electron chi connectivity index (χ1n) is 4.06. The fraction of sp³-hybridized carbons (Fsp3) is 0.100. The highest BCUT2D eigenvalue weighted by Crippen LogP contribution is 2.29. The molecular formula is C10H8O4. The molecule has 1 heterocycles. The third-order valence-electron chi connectivity index (χ3n) is 1.98. The number of fused-ring (bicyclic) bond motifs is 1. The monoisotopic (exact) mass is 192 g/mol. The van der Waals surface area contributed by atoms with Crippen LogP contribution in [0.2, 0.25) is 0 Å². The van der Waals surface area contributed by atoms with Crippen molar-refractivity contribution in [3.05, 3.63) is 29.3 Å². The first-order chi connectivity index (χ1) is 6.66. The fourth-order valence-electron chi connectivity index (χ4n) is 1.28. The lowest BCUT2D eigenvalue weighted by atomic mass is 10.1. The van der Waals surface area contributed by atoms with Gasteiger partial charge in [-0.1, -0.05) is 0 Å². The van der Waals surface area contributed by atoms with Crippen molar-refractivity contribution in [2.24, 2.45) is 0 Å². The van der Waals surface area contributed by atoms with Crippen LogP contribution in [0, 0.1) is 0 Å². The van der Waals surface area contributed by atoms with Crippen molar-refractivity contribution in [1.29, 1.82) is 0 Å². The predicted molar refractivity (Wildman–Crippen MR) is 49.2 cm³/mol. The van der Waals surface area contributed by atoms with Crippen molar-refractivity contribution >= 4 is 12.0 Å². The van der Waals surface area contributed by atoms with Gasteiger partial charge < -0.3 is 14.9 Å². The summed E-state index contributed by atoms with van der Waals surface area (Å²) < 4.78 is 5.17. The van der Waals surface area contributed by atoms with Crippen LogP contribution in [0.1, 0.15) is 5.56 Å². The molecule has 0 aromatic heterocycles. The Bertz CT molecular complexity index is 420. The highest BCUT2D eigenvalue weighted by Gasteiger charge is 2.16. The van der Waals surface area contributed by atoms with Gasteiger partial charge >= 0.3 is 5.97 Å². The van der Waals surface area contributed by atoms with E-state index in [-0.39, 0.29) is 17.9 Å². The van der Waals surface area contributed by atoms with Gasteiger partial charge in [-0.3, -0.25) is 0 Å². The number of ether oxygens (including phenoxy) is 1. The molecule has 0 fully saturated rings. The van der Waals surface area contributed by atoms with Gasteiger partial charge in [0, 0.05) is 11.6 Å². The Balaban J connectivity index is 2.45. The number of hydrogen-bond acceptors (Lipinski definition) is 3. The molecule has 2 rings (SSSR count). The van der Waals surface area contributed by atoms with Crippen LogP contribution < -0.4 is 4.74 Å². The van der Waals surface area contributed by atoms with Crippen LogP contribution in [0.5, 0.6) is 11.5 Å². The maximum atomic E-state index is 10.6. The van der Waals surface area contributed by atoms with Gasteiger partial charge in [0.2, 0.25) is 0 Å². The number of carboxylic acids is 1. The summed E-state index contributed by atoms with van der Waals surface area (Å²) in [5, 5.41) is 17.9. The van der Waals surface area contributed by atoms with Crippen LogP contribution in [0.4, 0.5) is 0 Å². The van der Waals surface area contributed by atoms with Gasteiger partial charge in [-0.05, 0) is 18.2 Å². The Kier molecular flexibility index (Phi) is 1.89. The number of carboxylic acid groups (broad SMARTS) is 1. The number of carbonyl (C=O) groups is 1. The van der Waals surface area contributed by atoms with E-state index in [0.717, 1.165) is 0 Å². The zero-order valence-corrected chi connectivity index (χ0v) is 7.23. The molecule has 1 aromatic carbocycles. The molecule has 0 bridgehead atoms. The van der Waals surface area contributed by atoms with E-state index in [9.17, 15) is 4.79 Å². The Morgan fingerprint density at radius 1 is 1.43 bits per heavy atom. The van der Waals surface area contributed by atoms with Crippen molar-refractivity contribution < 1.29 is 19.7 Å². The van der Waals surface area contributed by atoms with E-state index in [0.29, 0.717) is 11.3 Å². The van der Waals surface area contributed by atoms with Gasteiger partial charge in [0.1, 0.15) is 18.1 Å². The summed E-state index contributed by atoms with van der Waals surface area (Å²) in [7, 11) is 0. The molecule has 0 unspecified atom stereocenters. The molecule has 0 saturated carbocycles. The Morgan fingerprint density at radius 3 is 2.93 bits per heavy atom. The molecule has 0 aliphatic carbocycles. The largest absolute Gasteiger partial charge is 0.508 e. The minimum atomic E-state index is -0.983. The predicted octanol–water partition coefficient (Wildman–Crippen LogP) is 1.25. The van der Waals surface area contributed by atoms with E-state index >= 15 is 0 Å². The number of benzene rings is 1. The summed E-state index contributed by atoms with van der Waals surface area (Å²) >= 11 is 0. The quantitative estimate of drug-likeness (QED) is 0.702. The van der Waals surface area contributed by atoms with E-state index in [1.54, 1.807) is 12.1 Å². The number of aromatic hydroxyl groups is 1. The van der Waals surface area contributed by atoms with Crippen LogP contribution in [-0.4, -0.2) is 22.8 Å². The van der Waals surface area contributed by atoms with Crippen molar-refractivity contribution in [2.45, 2.75) is 0 Å². The SMILES string of the molecule is O=C(O)C1=Cc2ccc(O)cc2OC1. The first kappa shape index (κ1) is 8.62. The smallest absolute Gasteiger partial charge is 0.335 e. The molecule has 4 heteroatoms. The third-order valence-corrected chi connectivity index (χ3v) is 1.98. The molecule has 0 amide bonds. The molecule has 2 N–H and O–H groups in total. The number of hydrogen-bond donors (Lipinski definition) is 2. The van der Waals surface area contributed by atoms with Crippen LogP contribution in [0.25, 0.3) is 6.08 Å². The van der Waals surface area contributed by atoms with Crippen molar-refractivity contribution in [3.8, 4) is 11.5 Å². The molecular weight excluding hydrogens is 184 g/mol. The Labute approximate surface area is 80.1 Å². The second-order valence-electron chi connectivity index (χ2n) is 2.99. The van der Waals surface area contributed by atoms with E-state index in [1.165, 1.54) is 12.1 Å². The van der Waals surface area contributed by atoms with E-state index < -0.39 is 5.97 Å². The van der Waals surface area contributed by atoms with Crippen LogP contribution in [0.3, 0.4) is 0 Å². The highest BCUT2D eigenvalue weighted by molar-refractivity contribution is 5.93. The molecule has 1 aliphatic heterocycles. The molecule has 1 aromatic rings. The molecule has 0 spiro atoms. The number of rotatable bonds is 1. The lowest BCUT2D eigenvalue weighted by Crippen LogP contribution is -2.13. The summed E-state index contributed by atoms with van der Waals surface area (Å²) in [6, 6.07) is 4.57.